The molecule has 15 heavy (non-hydrogen) atoms. The van der Waals surface area contributed by atoms with Gasteiger partial charge in [-0.05, 0) is 12.8 Å². The Kier molecular flexibility index (Phi) is 3.02. The molecule has 0 aromatic carbocycles. The van der Waals surface area contributed by atoms with Gasteiger partial charge in [-0.2, -0.15) is 4.98 Å². The zero-order chi connectivity index (χ0) is 10.7. The highest BCUT2D eigenvalue weighted by Crippen LogP contribution is 2.41. The first kappa shape index (κ1) is 10.6. The minimum absolute atomic E-state index is 0.0294. The van der Waals surface area contributed by atoms with Crippen molar-refractivity contribution in [2.45, 2.75) is 31.1 Å². The van der Waals surface area contributed by atoms with E-state index in [2.05, 4.69) is 10.1 Å². The van der Waals surface area contributed by atoms with Gasteiger partial charge in [0.05, 0.1) is 12.0 Å². The van der Waals surface area contributed by atoms with E-state index in [1.165, 1.54) is 6.42 Å². The first-order valence-electron chi connectivity index (χ1n) is 5.33. The van der Waals surface area contributed by atoms with Gasteiger partial charge in [0, 0.05) is 20.1 Å². The second kappa shape index (κ2) is 4.28. The van der Waals surface area contributed by atoms with Crippen molar-refractivity contribution in [2.75, 3.05) is 20.3 Å². The number of rotatable bonds is 5. The largest absolute Gasteiger partial charge is 0.384 e. The molecule has 5 heteroatoms. The summed E-state index contributed by atoms with van der Waals surface area (Å²) >= 11 is 0. The maximum atomic E-state index is 5.76. The van der Waals surface area contributed by atoms with Crippen LogP contribution in [0.2, 0.25) is 0 Å². The first-order chi connectivity index (χ1) is 7.30. The van der Waals surface area contributed by atoms with Crippen molar-refractivity contribution in [3.05, 3.63) is 11.7 Å². The Labute approximate surface area is 89.0 Å². The fourth-order valence-electron chi connectivity index (χ4n) is 1.87. The second-order valence-corrected chi connectivity index (χ2v) is 4.10. The Morgan fingerprint density at radius 2 is 2.33 bits per heavy atom. The number of hydrogen-bond acceptors (Lipinski definition) is 5. The monoisotopic (exact) mass is 211 g/mol. The van der Waals surface area contributed by atoms with Crippen LogP contribution in [0, 0.1) is 0 Å². The van der Waals surface area contributed by atoms with Gasteiger partial charge in [0.15, 0.2) is 5.82 Å². The molecule has 1 saturated carbocycles. The molecule has 0 unspecified atom stereocenters. The summed E-state index contributed by atoms with van der Waals surface area (Å²) in [5.41, 5.74) is 5.73. The van der Waals surface area contributed by atoms with Gasteiger partial charge in [-0.1, -0.05) is 11.6 Å². The molecule has 1 aromatic rings. The summed E-state index contributed by atoms with van der Waals surface area (Å²) in [6, 6.07) is 0. The topological polar surface area (TPSA) is 74.2 Å². The molecule has 1 aromatic heterocycles. The van der Waals surface area contributed by atoms with E-state index in [4.69, 9.17) is 15.0 Å². The van der Waals surface area contributed by atoms with Gasteiger partial charge in [0.25, 0.3) is 0 Å². The fraction of sp³-hybridized carbons (Fsp3) is 0.800. The Hall–Kier alpha value is -0.940. The zero-order valence-corrected chi connectivity index (χ0v) is 9.03. The van der Waals surface area contributed by atoms with Gasteiger partial charge in [0.1, 0.15) is 0 Å². The van der Waals surface area contributed by atoms with E-state index >= 15 is 0 Å². The SMILES string of the molecule is COCCc1noc(C2(CN)CCC2)n1. The quantitative estimate of drug-likeness (QED) is 0.773. The van der Waals surface area contributed by atoms with Crippen molar-refractivity contribution in [1.82, 2.24) is 10.1 Å². The van der Waals surface area contributed by atoms with Crippen molar-refractivity contribution in [3.63, 3.8) is 0 Å². The first-order valence-corrected chi connectivity index (χ1v) is 5.33. The van der Waals surface area contributed by atoms with Gasteiger partial charge < -0.3 is 15.0 Å². The molecule has 1 aliphatic rings. The molecule has 84 valence electrons. The molecule has 2 N–H and O–H groups in total. The summed E-state index contributed by atoms with van der Waals surface area (Å²) in [4.78, 5) is 4.38. The van der Waals surface area contributed by atoms with Gasteiger partial charge in [0.2, 0.25) is 5.89 Å². The highest BCUT2D eigenvalue weighted by Gasteiger charge is 2.42. The lowest BCUT2D eigenvalue weighted by molar-refractivity contribution is 0.181. The number of nitrogens with zero attached hydrogens (tertiary/aromatic N) is 2. The Balaban J connectivity index is 2.05. The molecule has 0 radical (unpaired) electrons. The van der Waals surface area contributed by atoms with Crippen LogP contribution in [-0.4, -0.2) is 30.4 Å². The zero-order valence-electron chi connectivity index (χ0n) is 9.03. The fourth-order valence-corrected chi connectivity index (χ4v) is 1.87. The average Bonchev–Trinajstić information content (AvgIpc) is 2.63. The van der Waals surface area contributed by atoms with Crippen molar-refractivity contribution < 1.29 is 9.26 Å². The predicted molar refractivity (Wildman–Crippen MR) is 54.5 cm³/mol. The number of methoxy groups -OCH3 is 1. The van der Waals surface area contributed by atoms with Crippen LogP contribution >= 0.6 is 0 Å². The third kappa shape index (κ3) is 1.89. The molecule has 0 saturated heterocycles. The molecule has 1 aliphatic carbocycles. The molecule has 5 nitrogen and oxygen atoms in total. The Morgan fingerprint density at radius 3 is 2.87 bits per heavy atom. The van der Waals surface area contributed by atoms with Crippen LogP contribution < -0.4 is 5.73 Å². The number of ether oxygens (including phenoxy) is 1. The molecule has 1 heterocycles. The van der Waals surface area contributed by atoms with E-state index in [1.54, 1.807) is 7.11 Å². The molecule has 1 fully saturated rings. The van der Waals surface area contributed by atoms with Crippen LogP contribution in [0.5, 0.6) is 0 Å². The number of hydrogen-bond donors (Lipinski definition) is 1. The van der Waals surface area contributed by atoms with E-state index < -0.39 is 0 Å². The molecule has 0 spiro atoms. The summed E-state index contributed by atoms with van der Waals surface area (Å²) in [5.74, 6) is 1.42. The number of aromatic nitrogens is 2. The summed E-state index contributed by atoms with van der Waals surface area (Å²) in [5, 5.41) is 3.93. The van der Waals surface area contributed by atoms with Crippen molar-refractivity contribution in [3.8, 4) is 0 Å². The van der Waals surface area contributed by atoms with Crippen LogP contribution in [0.15, 0.2) is 4.52 Å². The minimum atomic E-state index is -0.0294. The predicted octanol–water partition coefficient (Wildman–Crippen LogP) is 0.639. The maximum Gasteiger partial charge on any atom is 0.234 e. The molecule has 2 rings (SSSR count). The van der Waals surface area contributed by atoms with Gasteiger partial charge in [-0.15, -0.1) is 0 Å². The summed E-state index contributed by atoms with van der Waals surface area (Å²) in [7, 11) is 1.66. The standard InChI is InChI=1S/C10H17N3O2/c1-14-6-3-8-12-9(15-13-8)10(7-11)4-2-5-10/h2-7,11H2,1H3. The smallest absolute Gasteiger partial charge is 0.234 e. The van der Waals surface area contributed by atoms with E-state index in [1.807, 2.05) is 0 Å². The Bertz CT molecular complexity index is 315. The molecule has 0 atom stereocenters. The molecular weight excluding hydrogens is 194 g/mol. The van der Waals surface area contributed by atoms with Crippen LogP contribution in [-0.2, 0) is 16.6 Å². The van der Waals surface area contributed by atoms with E-state index in [9.17, 15) is 0 Å². The summed E-state index contributed by atoms with van der Waals surface area (Å²) < 4.78 is 10.2. The minimum Gasteiger partial charge on any atom is -0.384 e. The van der Waals surface area contributed by atoms with E-state index in [-0.39, 0.29) is 5.41 Å². The van der Waals surface area contributed by atoms with Crippen molar-refractivity contribution >= 4 is 0 Å². The second-order valence-electron chi connectivity index (χ2n) is 4.10. The number of nitrogens with two attached hydrogens (primary N) is 1. The van der Waals surface area contributed by atoms with E-state index in [0.29, 0.717) is 31.3 Å². The van der Waals surface area contributed by atoms with E-state index in [0.717, 1.165) is 12.8 Å². The molecule has 0 bridgehead atoms. The van der Waals surface area contributed by atoms with Crippen molar-refractivity contribution in [2.24, 2.45) is 5.73 Å². The lowest BCUT2D eigenvalue weighted by Crippen LogP contribution is -2.41. The third-order valence-corrected chi connectivity index (χ3v) is 3.15. The highest BCUT2D eigenvalue weighted by atomic mass is 16.5. The lowest BCUT2D eigenvalue weighted by atomic mass is 9.69. The normalized spacial score (nSPS) is 18.8. The highest BCUT2D eigenvalue weighted by molar-refractivity contribution is 5.11. The molecule has 0 amide bonds. The van der Waals surface area contributed by atoms with Gasteiger partial charge in [-0.3, -0.25) is 0 Å². The van der Waals surface area contributed by atoms with Crippen molar-refractivity contribution in [1.29, 1.82) is 0 Å². The van der Waals surface area contributed by atoms with Crippen LogP contribution in [0.1, 0.15) is 31.0 Å². The summed E-state index contributed by atoms with van der Waals surface area (Å²) in [6.07, 6.45) is 4.03. The van der Waals surface area contributed by atoms with Gasteiger partial charge in [-0.25, -0.2) is 0 Å². The third-order valence-electron chi connectivity index (χ3n) is 3.15. The van der Waals surface area contributed by atoms with Gasteiger partial charge >= 0.3 is 0 Å². The molecular formula is C10H17N3O2. The van der Waals surface area contributed by atoms with Crippen LogP contribution in [0.4, 0.5) is 0 Å². The van der Waals surface area contributed by atoms with Crippen LogP contribution in [0.3, 0.4) is 0 Å². The Morgan fingerprint density at radius 1 is 1.53 bits per heavy atom. The average molecular weight is 211 g/mol. The maximum absolute atomic E-state index is 5.76. The van der Waals surface area contributed by atoms with Crippen LogP contribution in [0.25, 0.3) is 0 Å². The lowest BCUT2D eigenvalue weighted by Gasteiger charge is -2.36. The summed E-state index contributed by atoms with van der Waals surface area (Å²) in [6.45, 7) is 1.22. The molecule has 0 aliphatic heterocycles.